The molecule has 14 nitrogen and oxygen atoms in total. The quantitative estimate of drug-likeness (QED) is 0.0530. The maximum atomic E-state index is 13.2. The summed E-state index contributed by atoms with van der Waals surface area (Å²) in [7, 11) is 1.57. The fourth-order valence-electron chi connectivity index (χ4n) is 6.19. The monoisotopic (exact) mass is 855 g/mol. The van der Waals surface area contributed by atoms with Gasteiger partial charge in [0.1, 0.15) is 22.9 Å². The van der Waals surface area contributed by atoms with E-state index in [0.717, 1.165) is 4.90 Å². The number of unbranched alkanes of at least 4 members (excludes halogenated alkanes) is 2. The topological polar surface area (TPSA) is 186 Å². The lowest BCUT2D eigenvalue weighted by Crippen LogP contribution is -2.45. The number of ether oxygens (including phenoxy) is 2. The van der Waals surface area contributed by atoms with E-state index in [4.69, 9.17) is 37.7 Å². The molecule has 4 aromatic rings. The maximum Gasteiger partial charge on any atom is 0.412 e. The minimum Gasteiger partial charge on any atom is -0.497 e. The number of nitrogens with one attached hydrogen (secondary N) is 3. The summed E-state index contributed by atoms with van der Waals surface area (Å²) in [5, 5.41) is 9.32. The minimum absolute atomic E-state index is 0.0171. The van der Waals surface area contributed by atoms with Crippen molar-refractivity contribution in [1.29, 1.82) is 0 Å². The molecule has 314 valence electrons. The lowest BCUT2D eigenvalue weighted by atomic mass is 9.92. The Morgan fingerprint density at radius 1 is 0.900 bits per heavy atom. The van der Waals surface area contributed by atoms with Crippen molar-refractivity contribution in [3.05, 3.63) is 107 Å². The van der Waals surface area contributed by atoms with Crippen molar-refractivity contribution < 1.29 is 42.7 Å². The molecule has 0 spiro atoms. The number of methoxy groups -OCH3 is 1. The van der Waals surface area contributed by atoms with Crippen LogP contribution in [0.5, 0.6) is 5.75 Å². The summed E-state index contributed by atoms with van der Waals surface area (Å²) in [6.45, 7) is 5.48. The average Bonchev–Trinajstić information content (AvgIpc) is 3.54. The fourth-order valence-corrected chi connectivity index (χ4v) is 6.60. The number of anilines is 1. The highest BCUT2D eigenvalue weighted by Crippen LogP contribution is 2.22. The predicted molar refractivity (Wildman–Crippen MR) is 229 cm³/mol. The average molecular weight is 856 g/mol. The molecule has 2 unspecified atom stereocenters. The van der Waals surface area contributed by atoms with E-state index in [1.54, 1.807) is 86.8 Å². The summed E-state index contributed by atoms with van der Waals surface area (Å²) in [4.78, 5) is 80.9. The van der Waals surface area contributed by atoms with Gasteiger partial charge in [-0.25, -0.2) is 9.79 Å². The molecule has 0 bridgehead atoms. The summed E-state index contributed by atoms with van der Waals surface area (Å²) >= 11 is 11.8. The number of fused-ring (bicyclic) bond motifs is 1. The normalized spacial score (nSPS) is 13.6. The molecule has 0 radical (unpaired) electrons. The number of carbonyl (C=O) groups is 6. The molecule has 0 aliphatic carbocycles. The van der Waals surface area contributed by atoms with Gasteiger partial charge in [0, 0.05) is 53.6 Å². The largest absolute Gasteiger partial charge is 0.497 e. The number of ketones is 1. The third-order valence-corrected chi connectivity index (χ3v) is 10.1. The third-order valence-electron chi connectivity index (χ3n) is 9.53. The van der Waals surface area contributed by atoms with Gasteiger partial charge < -0.3 is 24.5 Å². The first kappa shape index (κ1) is 44.9. The number of halogens is 1. The second-order valence-corrected chi connectivity index (χ2v) is 15.4. The van der Waals surface area contributed by atoms with Gasteiger partial charge in [-0.05, 0) is 85.0 Å². The van der Waals surface area contributed by atoms with Crippen molar-refractivity contribution in [2.45, 2.75) is 65.5 Å². The number of Topliss-reactive ketones (excluding diaryl/α,β-unsaturated/α-hetero) is 1. The van der Waals surface area contributed by atoms with Crippen molar-refractivity contribution in [3.63, 3.8) is 0 Å². The Hall–Kier alpha value is -6.19. The Morgan fingerprint density at radius 3 is 2.27 bits per heavy atom. The Morgan fingerprint density at radius 2 is 1.60 bits per heavy atom. The predicted octanol–water partition coefficient (Wildman–Crippen LogP) is 7.09. The first-order valence-electron chi connectivity index (χ1n) is 19.4. The summed E-state index contributed by atoms with van der Waals surface area (Å²) in [5.74, 6) is -1.81. The van der Waals surface area contributed by atoms with Gasteiger partial charge in [-0.2, -0.15) is 0 Å². The molecule has 5 amide bonds. The van der Waals surface area contributed by atoms with Crippen LogP contribution in [-0.4, -0.2) is 65.1 Å². The van der Waals surface area contributed by atoms with Crippen LogP contribution in [0.1, 0.15) is 64.0 Å². The molecule has 2 heterocycles. The maximum absolute atomic E-state index is 13.2. The molecule has 1 aromatic heterocycles. The van der Waals surface area contributed by atoms with Crippen LogP contribution in [-0.2, 0) is 35.3 Å². The second-order valence-electron chi connectivity index (χ2n) is 14.5. The van der Waals surface area contributed by atoms with Crippen LogP contribution in [0.25, 0.3) is 11.0 Å². The van der Waals surface area contributed by atoms with Crippen LogP contribution in [0.4, 0.5) is 16.2 Å². The Bertz CT molecular complexity index is 2340. The number of hydrogen-bond acceptors (Lipinski definition) is 11. The zero-order valence-electron chi connectivity index (χ0n) is 33.6. The van der Waals surface area contributed by atoms with Gasteiger partial charge in [-0.1, -0.05) is 63.1 Å². The number of amides is 5. The second kappa shape index (κ2) is 21.2. The third kappa shape index (κ3) is 12.7. The Kier molecular flexibility index (Phi) is 15.9. The smallest absolute Gasteiger partial charge is 0.412 e. The highest BCUT2D eigenvalue weighted by atomic mass is 35.5. The standard InChI is InChI=1S/C44H46ClN5O9S/c1-26(2)40(48-37(52)8-6-5-7-21-50-38(53)19-20-39(50)54)35(51)22-27(3)41(55)46-31-12-9-28(10-13-31)25-58-44(56)49-43(60)34-24-29-23-30(45)11-18-36(29)59-42(34)47-32-14-16-33(57-4)17-15-32/h9-20,23-24,26-27,40H,5-8,21-22,25H2,1-4H3,(H,46,55)(H,48,52)(H,49,56,60). The molecule has 2 atom stereocenters. The molecular weight excluding hydrogens is 810 g/mol. The fraction of sp³-hybridized carbons (Fsp3) is 0.318. The number of alkyl carbamates (subject to hydrolysis) is 1. The molecule has 5 rings (SSSR count). The SMILES string of the molecule is COc1ccc(N=c2oc3ccc(Cl)cc3cc2C(=S)NC(=O)OCc2ccc(NC(=O)C(C)CC(=O)C(NC(=O)CCCCCN3C(=O)C=CC3=O)C(C)C)cc2)cc1. The summed E-state index contributed by atoms with van der Waals surface area (Å²) in [6.07, 6.45) is 3.51. The number of nitrogens with zero attached hydrogens (tertiary/aromatic N) is 2. The van der Waals surface area contributed by atoms with Crippen LogP contribution in [0.3, 0.4) is 0 Å². The number of hydrogen-bond donors (Lipinski definition) is 3. The van der Waals surface area contributed by atoms with E-state index in [1.807, 2.05) is 13.8 Å². The summed E-state index contributed by atoms with van der Waals surface area (Å²) in [5.41, 5.74) is 2.68. The molecule has 3 aromatic carbocycles. The van der Waals surface area contributed by atoms with Crippen molar-refractivity contribution in [2.24, 2.45) is 16.8 Å². The van der Waals surface area contributed by atoms with Gasteiger partial charge in [0.05, 0.1) is 24.4 Å². The van der Waals surface area contributed by atoms with Crippen molar-refractivity contribution in [3.8, 4) is 5.75 Å². The molecule has 0 saturated carbocycles. The summed E-state index contributed by atoms with van der Waals surface area (Å²) in [6, 6.07) is 19.7. The molecule has 60 heavy (non-hydrogen) atoms. The Balaban J connectivity index is 1.08. The van der Waals surface area contributed by atoms with E-state index in [9.17, 15) is 28.8 Å². The number of rotatable bonds is 18. The van der Waals surface area contributed by atoms with Crippen LogP contribution in [0, 0.1) is 11.8 Å². The van der Waals surface area contributed by atoms with Crippen molar-refractivity contribution >= 4 is 86.7 Å². The van der Waals surface area contributed by atoms with Gasteiger partial charge in [0.25, 0.3) is 11.8 Å². The molecular formula is C44H46ClN5O9S. The molecule has 16 heteroatoms. The molecule has 3 N–H and O–H groups in total. The first-order valence-corrected chi connectivity index (χ1v) is 20.1. The van der Waals surface area contributed by atoms with E-state index in [1.165, 1.54) is 12.2 Å². The number of thiocarbonyl (C=S) groups is 1. The number of carbonyl (C=O) groups excluding carboxylic acids is 6. The van der Waals surface area contributed by atoms with Gasteiger partial charge in [-0.15, -0.1) is 0 Å². The lowest BCUT2D eigenvalue weighted by Gasteiger charge is -2.23. The number of benzene rings is 3. The van der Waals surface area contributed by atoms with Gasteiger partial charge in [0.2, 0.25) is 17.4 Å². The Labute approximate surface area is 357 Å². The number of imide groups is 1. The van der Waals surface area contributed by atoms with E-state index >= 15 is 0 Å². The van der Waals surface area contributed by atoms with E-state index in [2.05, 4.69) is 20.9 Å². The van der Waals surface area contributed by atoms with Crippen LogP contribution in [0.2, 0.25) is 5.02 Å². The minimum atomic E-state index is -0.809. The van der Waals surface area contributed by atoms with E-state index in [-0.39, 0.29) is 65.3 Å². The van der Waals surface area contributed by atoms with Gasteiger partial charge in [-0.3, -0.25) is 34.2 Å². The van der Waals surface area contributed by atoms with E-state index < -0.39 is 18.1 Å². The first-order chi connectivity index (χ1) is 28.7. The molecule has 1 aliphatic rings. The molecule has 1 aliphatic heterocycles. The van der Waals surface area contributed by atoms with Crippen molar-refractivity contribution in [2.75, 3.05) is 19.0 Å². The van der Waals surface area contributed by atoms with Crippen molar-refractivity contribution in [1.82, 2.24) is 15.5 Å². The molecule has 0 fully saturated rings. The highest BCUT2D eigenvalue weighted by molar-refractivity contribution is 7.80. The van der Waals surface area contributed by atoms with Crippen LogP contribution < -0.4 is 26.2 Å². The zero-order chi connectivity index (χ0) is 43.3. The molecule has 0 saturated heterocycles. The summed E-state index contributed by atoms with van der Waals surface area (Å²) < 4.78 is 16.7. The highest BCUT2D eigenvalue weighted by Gasteiger charge is 2.28. The van der Waals surface area contributed by atoms with Gasteiger partial charge >= 0.3 is 6.09 Å². The lowest BCUT2D eigenvalue weighted by molar-refractivity contribution is -0.137. The van der Waals surface area contributed by atoms with Crippen LogP contribution >= 0.6 is 23.8 Å². The van der Waals surface area contributed by atoms with Gasteiger partial charge in [0.15, 0.2) is 5.78 Å². The zero-order valence-corrected chi connectivity index (χ0v) is 35.2. The van der Waals surface area contributed by atoms with Crippen LogP contribution in [0.15, 0.2) is 94.4 Å². The van der Waals surface area contributed by atoms with E-state index in [0.29, 0.717) is 70.1 Å².